The van der Waals surface area contributed by atoms with Crippen LogP contribution in [0.5, 0.6) is 11.5 Å². The number of carbonyl (C=O) groups is 1. The van der Waals surface area contributed by atoms with E-state index in [4.69, 9.17) is 26.8 Å². The van der Waals surface area contributed by atoms with E-state index < -0.39 is 23.1 Å². The Bertz CT molecular complexity index is 1720. The van der Waals surface area contributed by atoms with Crippen molar-refractivity contribution in [2.24, 2.45) is 5.73 Å². The molecule has 1 amide bonds. The Morgan fingerprint density at radius 3 is 2.73 bits per heavy atom. The fourth-order valence-electron chi connectivity index (χ4n) is 6.53. The molecule has 3 aliphatic rings. The summed E-state index contributed by atoms with van der Waals surface area (Å²) >= 11 is 6.63. The van der Waals surface area contributed by atoms with Gasteiger partial charge in [-0.1, -0.05) is 41.9 Å². The van der Waals surface area contributed by atoms with Crippen LogP contribution in [0.25, 0.3) is 22.3 Å². The lowest BCUT2D eigenvalue weighted by Gasteiger charge is -2.35. The van der Waals surface area contributed by atoms with Gasteiger partial charge in [0, 0.05) is 53.0 Å². The fourth-order valence-corrected chi connectivity index (χ4v) is 6.79. The van der Waals surface area contributed by atoms with E-state index >= 15 is 8.78 Å². The van der Waals surface area contributed by atoms with Crippen LogP contribution in [0.1, 0.15) is 46.9 Å². The molecule has 0 unspecified atom stereocenters. The Kier molecular flexibility index (Phi) is 6.06. The summed E-state index contributed by atoms with van der Waals surface area (Å²) in [6, 6.07) is 12.4. The first kappa shape index (κ1) is 26.0. The van der Waals surface area contributed by atoms with Crippen molar-refractivity contribution in [3.8, 4) is 33.8 Å². The number of rotatable bonds is 5. The average molecular weight is 577 g/mol. The lowest BCUT2D eigenvalue weighted by Crippen LogP contribution is -2.48. The first-order chi connectivity index (χ1) is 19.8. The Morgan fingerprint density at radius 1 is 1.22 bits per heavy atom. The zero-order chi connectivity index (χ0) is 28.5. The number of nitrogens with one attached hydrogen (secondary N) is 1. The number of carbonyl (C=O) groups excluding carboxylic acids is 1. The molecular formula is C31H27ClF2N4O3. The summed E-state index contributed by atoms with van der Waals surface area (Å²) < 4.78 is 46.3. The second-order valence-corrected chi connectivity index (χ2v) is 11.1. The highest BCUT2D eigenvalue weighted by molar-refractivity contribution is 6.34. The molecule has 41 heavy (non-hydrogen) atoms. The van der Waals surface area contributed by atoms with Crippen LogP contribution in [0, 0.1) is 11.6 Å². The monoisotopic (exact) mass is 576 g/mol. The van der Waals surface area contributed by atoms with Gasteiger partial charge in [-0.15, -0.1) is 0 Å². The zero-order valence-electron chi connectivity index (χ0n) is 22.3. The molecule has 7 rings (SSSR count). The van der Waals surface area contributed by atoms with E-state index in [9.17, 15) is 4.79 Å². The number of ether oxygens (including phenoxy) is 2. The Hall–Kier alpha value is -3.95. The molecule has 1 fully saturated rings. The summed E-state index contributed by atoms with van der Waals surface area (Å²) in [7, 11) is 0. The van der Waals surface area contributed by atoms with Crippen LogP contribution in [0.4, 0.5) is 8.78 Å². The van der Waals surface area contributed by atoms with Crippen molar-refractivity contribution in [2.75, 3.05) is 6.54 Å². The van der Waals surface area contributed by atoms with E-state index in [-0.39, 0.29) is 52.3 Å². The highest BCUT2D eigenvalue weighted by Gasteiger charge is 2.50. The largest absolute Gasteiger partial charge is 0.483 e. The third-order valence-electron chi connectivity index (χ3n) is 8.45. The standard InChI is InChI=1S/C31H27ClF2N4O3/c1-2-38-14-20-17-11-18(30(35)39)26(28(34)29(17)40-15-22(20)37-38)25-19-13-31(24-9-6-10-36-24,16-7-4-3-5-8-16)41-23(19)12-21(33)27(25)32/h3-5,7-8,11-12,14,24,36H,2,6,9-10,13,15H2,1H3,(H2,35,39)/t24-,31-/m0/s1. The van der Waals surface area contributed by atoms with Crippen LogP contribution in [0.15, 0.2) is 48.7 Å². The molecule has 10 heteroatoms. The first-order valence-electron chi connectivity index (χ1n) is 13.7. The summed E-state index contributed by atoms with van der Waals surface area (Å²) in [4.78, 5) is 12.9. The summed E-state index contributed by atoms with van der Waals surface area (Å²) in [5.74, 6) is -2.32. The number of hydrogen-bond donors (Lipinski definition) is 2. The maximum absolute atomic E-state index is 16.6. The van der Waals surface area contributed by atoms with Crippen molar-refractivity contribution in [1.29, 1.82) is 0 Å². The molecule has 3 aliphatic heterocycles. The minimum atomic E-state index is -0.885. The van der Waals surface area contributed by atoms with Gasteiger partial charge < -0.3 is 20.5 Å². The number of aromatic nitrogens is 2. The number of amides is 1. The number of halogens is 3. The van der Waals surface area contributed by atoms with E-state index in [2.05, 4.69) is 10.4 Å². The molecule has 3 N–H and O–H groups in total. The smallest absolute Gasteiger partial charge is 0.249 e. The SMILES string of the molecule is CCn1cc2c(n1)COc1c-2cc(C(N)=O)c(-c2c(Cl)c(F)cc3c2C[C@](c2ccccc2)([C@@H]2CCCN2)O3)c1F. The predicted molar refractivity (Wildman–Crippen MR) is 150 cm³/mol. The zero-order valence-corrected chi connectivity index (χ0v) is 23.0. The predicted octanol–water partition coefficient (Wildman–Crippen LogP) is 5.74. The molecule has 4 aromatic rings. The van der Waals surface area contributed by atoms with Gasteiger partial charge in [-0.3, -0.25) is 9.48 Å². The molecular weight excluding hydrogens is 550 g/mol. The maximum atomic E-state index is 16.6. The molecule has 4 heterocycles. The van der Waals surface area contributed by atoms with E-state index in [1.165, 1.54) is 12.1 Å². The fraction of sp³-hybridized carbons (Fsp3) is 0.290. The Balaban J connectivity index is 1.46. The first-order valence-corrected chi connectivity index (χ1v) is 14.0. The van der Waals surface area contributed by atoms with Crippen LogP contribution >= 0.6 is 11.6 Å². The Labute approximate surface area is 240 Å². The van der Waals surface area contributed by atoms with E-state index in [1.54, 1.807) is 10.9 Å². The van der Waals surface area contributed by atoms with Crippen molar-refractivity contribution in [3.63, 3.8) is 0 Å². The van der Waals surface area contributed by atoms with Gasteiger partial charge in [0.1, 0.15) is 23.9 Å². The van der Waals surface area contributed by atoms with Crippen LogP contribution < -0.4 is 20.5 Å². The topological polar surface area (TPSA) is 91.4 Å². The third kappa shape index (κ3) is 3.86. The molecule has 7 nitrogen and oxygen atoms in total. The van der Waals surface area contributed by atoms with Gasteiger partial charge in [-0.2, -0.15) is 5.10 Å². The van der Waals surface area contributed by atoms with Gasteiger partial charge in [0.25, 0.3) is 0 Å². The van der Waals surface area contributed by atoms with Crippen LogP contribution in [0.3, 0.4) is 0 Å². The highest BCUT2D eigenvalue weighted by Crippen LogP contribution is 2.53. The molecule has 0 radical (unpaired) electrons. The van der Waals surface area contributed by atoms with Crippen LogP contribution in [-0.4, -0.2) is 28.3 Å². The van der Waals surface area contributed by atoms with Crippen molar-refractivity contribution < 1.29 is 23.0 Å². The summed E-state index contributed by atoms with van der Waals surface area (Å²) in [6.45, 7) is 3.41. The average Bonchev–Trinajstić information content (AvgIpc) is 3.73. The van der Waals surface area contributed by atoms with Gasteiger partial charge >= 0.3 is 0 Å². The van der Waals surface area contributed by atoms with Crippen molar-refractivity contribution >= 4 is 17.5 Å². The molecule has 0 spiro atoms. The molecule has 1 aromatic heterocycles. The minimum Gasteiger partial charge on any atom is -0.483 e. The molecule has 210 valence electrons. The Morgan fingerprint density at radius 2 is 2.02 bits per heavy atom. The lowest BCUT2D eigenvalue weighted by atomic mass is 9.80. The minimum absolute atomic E-state index is 0.0458. The number of nitrogens with two attached hydrogens (primary N) is 1. The number of primary amides is 1. The van der Waals surface area contributed by atoms with Gasteiger partial charge in [-0.25, -0.2) is 8.78 Å². The third-order valence-corrected chi connectivity index (χ3v) is 8.82. The van der Waals surface area contributed by atoms with E-state index in [0.717, 1.165) is 24.9 Å². The van der Waals surface area contributed by atoms with Crippen molar-refractivity contribution in [2.45, 2.75) is 51.0 Å². The van der Waals surface area contributed by atoms with Gasteiger partial charge in [-0.05, 0) is 37.9 Å². The molecule has 1 saturated heterocycles. The molecule has 2 atom stereocenters. The molecule has 3 aromatic carbocycles. The summed E-state index contributed by atoms with van der Waals surface area (Å²) in [6.07, 6.45) is 3.86. The lowest BCUT2D eigenvalue weighted by molar-refractivity contribution is 0.0539. The maximum Gasteiger partial charge on any atom is 0.249 e. The molecule has 0 aliphatic carbocycles. The number of nitrogens with zero attached hydrogens (tertiary/aromatic N) is 2. The van der Waals surface area contributed by atoms with Crippen LogP contribution in [-0.2, 0) is 25.2 Å². The number of aryl methyl sites for hydroxylation is 1. The van der Waals surface area contributed by atoms with E-state index in [0.29, 0.717) is 28.9 Å². The second-order valence-electron chi connectivity index (χ2n) is 10.7. The van der Waals surface area contributed by atoms with Gasteiger partial charge in [0.15, 0.2) is 17.2 Å². The van der Waals surface area contributed by atoms with Crippen LogP contribution in [0.2, 0.25) is 5.02 Å². The van der Waals surface area contributed by atoms with Crippen molar-refractivity contribution in [1.82, 2.24) is 15.1 Å². The summed E-state index contributed by atoms with van der Waals surface area (Å²) in [5.41, 5.74) is 7.71. The number of fused-ring (bicyclic) bond motifs is 4. The van der Waals surface area contributed by atoms with Crippen molar-refractivity contribution in [3.05, 3.63) is 87.7 Å². The van der Waals surface area contributed by atoms with E-state index in [1.807, 2.05) is 37.3 Å². The summed E-state index contributed by atoms with van der Waals surface area (Å²) in [5, 5.41) is 7.69. The van der Waals surface area contributed by atoms with Gasteiger partial charge in [0.2, 0.25) is 5.91 Å². The molecule has 0 saturated carbocycles. The quantitative estimate of drug-likeness (QED) is 0.316. The highest BCUT2D eigenvalue weighted by atomic mass is 35.5. The molecule has 0 bridgehead atoms. The normalized spacial score (nSPS) is 20.6. The number of benzene rings is 3. The van der Waals surface area contributed by atoms with Gasteiger partial charge in [0.05, 0.1) is 16.6 Å². The number of hydrogen-bond acceptors (Lipinski definition) is 5. The second kappa shape index (κ2) is 9.56.